The molecule has 14 heteroatoms. The Hall–Kier alpha value is -3.39. The summed E-state index contributed by atoms with van der Waals surface area (Å²) in [5, 5.41) is 7.73. The molecule has 4 saturated carbocycles. The van der Waals surface area contributed by atoms with Crippen LogP contribution in [0.5, 0.6) is 0 Å². The van der Waals surface area contributed by atoms with Crippen molar-refractivity contribution in [2.45, 2.75) is 163 Å². The van der Waals surface area contributed by atoms with Crippen LogP contribution in [0.2, 0.25) is 0 Å². The fraction of sp³-hybridized carbons (Fsp3) is 0.787. The van der Waals surface area contributed by atoms with Crippen molar-refractivity contribution in [1.29, 1.82) is 0 Å². The first kappa shape index (κ1) is 45.6. The SMILES string of the molecule is C=C[C@@H]1C[C@]1(CC(=O)[C@@H]1C[C@@]2(CN1C(=O)[C@@H](CC(=O)[C@@H](NC(=O)c1cc(C(C)(C)C)nn1C)C1CCCCC1)C(C)(C)C)C(C)(C)C21CCC1)C(=O)NS(=O)(=O)N1CCCC1. The van der Waals surface area contributed by atoms with Crippen LogP contribution in [0, 0.1) is 44.8 Å². The van der Waals surface area contributed by atoms with Crippen LogP contribution in [0.15, 0.2) is 18.7 Å². The van der Waals surface area contributed by atoms with Crippen molar-refractivity contribution in [3.63, 3.8) is 0 Å². The molecular weight excluding hydrogens is 793 g/mol. The summed E-state index contributed by atoms with van der Waals surface area (Å²) in [5.41, 5.74) is -1.47. The summed E-state index contributed by atoms with van der Waals surface area (Å²) in [7, 11) is -2.34. The maximum absolute atomic E-state index is 15.4. The van der Waals surface area contributed by atoms with Crippen LogP contribution in [0.4, 0.5) is 0 Å². The average Bonchev–Trinajstić information content (AvgIpc) is 3.56. The smallest absolute Gasteiger partial charge is 0.303 e. The molecule has 3 heterocycles. The fourth-order valence-corrected chi connectivity index (χ4v) is 13.7. The standard InChI is InChI=1S/C47H72N6O7S/c1-11-31-26-45(31,41(58)50-61(59,60)52-22-15-16-23-52)28-36(55)34-27-47(44(8,9)46(47)20-17-21-46)29-53(34)40(57)32(42(2,3)4)24-35(54)38(30-18-13-12-14-19-30)48-39(56)33-25-37(43(5,6)7)49-51(33)10/h11,25,30-32,34,38H,1,12-24,26-29H2,2-10H3,(H,48,56)(H,50,58)/t31-,32-,34+,38+,45-,47-/m1/s1. The third-order valence-electron chi connectivity index (χ3n) is 16.8. The number of carbonyl (C=O) groups excluding carboxylic acids is 5. The molecule has 6 aliphatic rings. The number of hydrogen-bond donors (Lipinski definition) is 2. The predicted molar refractivity (Wildman–Crippen MR) is 233 cm³/mol. The van der Waals surface area contributed by atoms with Crippen molar-refractivity contribution in [3.8, 4) is 0 Å². The Balaban J connectivity index is 1.16. The molecule has 6 fully saturated rings. The van der Waals surface area contributed by atoms with Crippen molar-refractivity contribution < 1.29 is 32.4 Å². The molecule has 13 nitrogen and oxygen atoms in total. The Morgan fingerprint density at radius 1 is 0.934 bits per heavy atom. The van der Waals surface area contributed by atoms with Crippen molar-refractivity contribution in [2.75, 3.05) is 19.6 Å². The molecule has 2 N–H and O–H groups in total. The van der Waals surface area contributed by atoms with Gasteiger partial charge in [0.25, 0.3) is 5.91 Å². The topological polar surface area (TPSA) is 168 Å². The Labute approximate surface area is 364 Å². The molecule has 61 heavy (non-hydrogen) atoms. The normalized spacial score (nSPS) is 29.5. The summed E-state index contributed by atoms with van der Waals surface area (Å²) in [6, 6.07) is 0.170. The number of allylic oxidation sites excluding steroid dienone is 1. The molecule has 6 atom stereocenters. The first-order valence-corrected chi connectivity index (χ1v) is 24.5. The minimum Gasteiger partial charge on any atom is -0.341 e. The predicted octanol–water partition coefficient (Wildman–Crippen LogP) is 6.42. The van der Waals surface area contributed by atoms with Gasteiger partial charge in [-0.1, -0.05) is 87.1 Å². The van der Waals surface area contributed by atoms with E-state index in [1.165, 1.54) is 4.31 Å². The fourth-order valence-electron chi connectivity index (χ4n) is 12.4. The monoisotopic (exact) mass is 865 g/mol. The van der Waals surface area contributed by atoms with E-state index < -0.39 is 44.9 Å². The summed E-state index contributed by atoms with van der Waals surface area (Å²) >= 11 is 0. The number of aromatic nitrogens is 2. The minimum absolute atomic E-state index is 0.0116. The Morgan fingerprint density at radius 3 is 2.08 bits per heavy atom. The minimum atomic E-state index is -4.07. The number of nitrogens with zero attached hydrogens (tertiary/aromatic N) is 4. The molecule has 0 bridgehead atoms. The maximum Gasteiger partial charge on any atom is 0.303 e. The molecule has 7 rings (SSSR count). The van der Waals surface area contributed by atoms with E-state index in [1.807, 2.05) is 41.5 Å². The van der Waals surface area contributed by atoms with E-state index in [1.54, 1.807) is 28.8 Å². The van der Waals surface area contributed by atoms with Crippen LogP contribution in [0.25, 0.3) is 0 Å². The molecule has 2 saturated heterocycles. The Kier molecular flexibility index (Phi) is 11.7. The quantitative estimate of drug-likeness (QED) is 0.202. The average molecular weight is 865 g/mol. The van der Waals surface area contributed by atoms with Gasteiger partial charge in [0.1, 0.15) is 5.69 Å². The van der Waals surface area contributed by atoms with Crippen LogP contribution in [-0.4, -0.2) is 88.4 Å². The lowest BCUT2D eigenvalue weighted by molar-refractivity contribution is -0.146. The highest BCUT2D eigenvalue weighted by molar-refractivity contribution is 7.87. The summed E-state index contributed by atoms with van der Waals surface area (Å²) in [5.74, 6) is -3.00. The van der Waals surface area contributed by atoms with Gasteiger partial charge >= 0.3 is 10.2 Å². The highest BCUT2D eigenvalue weighted by Gasteiger charge is 2.85. The van der Waals surface area contributed by atoms with Gasteiger partial charge in [0.15, 0.2) is 11.6 Å². The second kappa shape index (κ2) is 15.7. The van der Waals surface area contributed by atoms with Gasteiger partial charge in [0.2, 0.25) is 11.8 Å². The zero-order valence-corrected chi connectivity index (χ0v) is 39.1. The Morgan fingerprint density at radius 2 is 1.57 bits per heavy atom. The van der Waals surface area contributed by atoms with Crippen LogP contribution in [-0.2, 0) is 41.9 Å². The van der Waals surface area contributed by atoms with Crippen molar-refractivity contribution >= 4 is 39.5 Å². The van der Waals surface area contributed by atoms with E-state index in [-0.39, 0.29) is 69.7 Å². The molecule has 338 valence electrons. The molecule has 1 aromatic heterocycles. The summed E-state index contributed by atoms with van der Waals surface area (Å²) < 4.78 is 31.6. The largest absolute Gasteiger partial charge is 0.341 e. The first-order chi connectivity index (χ1) is 28.4. The number of amides is 3. The van der Waals surface area contributed by atoms with E-state index >= 15 is 4.79 Å². The first-order valence-electron chi connectivity index (χ1n) is 23.0. The molecule has 0 radical (unpaired) electrons. The lowest BCUT2D eigenvalue weighted by Gasteiger charge is -2.37. The molecule has 0 aromatic carbocycles. The highest BCUT2D eigenvalue weighted by Crippen LogP contribution is 2.88. The highest BCUT2D eigenvalue weighted by atomic mass is 32.2. The van der Waals surface area contributed by atoms with Crippen LogP contribution < -0.4 is 10.0 Å². The van der Waals surface area contributed by atoms with Gasteiger partial charge in [-0.25, -0.2) is 4.72 Å². The third kappa shape index (κ3) is 7.75. The number of carbonyl (C=O) groups is 5. The number of likely N-dealkylation sites (tertiary alicyclic amines) is 1. The molecular formula is C47H72N6O7S. The van der Waals surface area contributed by atoms with E-state index in [2.05, 4.69) is 35.6 Å². The van der Waals surface area contributed by atoms with Crippen LogP contribution in [0.1, 0.15) is 161 Å². The zero-order valence-electron chi connectivity index (χ0n) is 38.3. The molecule has 0 unspecified atom stereocenters. The maximum atomic E-state index is 15.4. The number of nitrogens with one attached hydrogen (secondary N) is 2. The lowest BCUT2D eigenvalue weighted by atomic mass is 9.73. The van der Waals surface area contributed by atoms with Gasteiger partial charge < -0.3 is 10.2 Å². The number of ketones is 2. The van der Waals surface area contributed by atoms with Crippen molar-refractivity contribution in [2.24, 2.45) is 51.9 Å². The number of aryl methyl sites for hydroxylation is 1. The van der Waals surface area contributed by atoms with E-state index in [0.717, 1.165) is 69.9 Å². The number of rotatable bonds is 14. The molecule has 1 aromatic rings. The van der Waals surface area contributed by atoms with Gasteiger partial charge in [-0.15, -0.1) is 6.58 Å². The second-order valence-electron chi connectivity index (χ2n) is 22.4. The summed E-state index contributed by atoms with van der Waals surface area (Å²) in [4.78, 5) is 74.8. The van der Waals surface area contributed by atoms with Gasteiger partial charge in [0.05, 0.1) is 23.2 Å². The van der Waals surface area contributed by atoms with Gasteiger partial charge in [0, 0.05) is 56.3 Å². The van der Waals surface area contributed by atoms with E-state index in [9.17, 15) is 27.6 Å². The van der Waals surface area contributed by atoms with Crippen LogP contribution in [0.3, 0.4) is 0 Å². The molecule has 2 aliphatic heterocycles. The molecule has 2 spiro atoms. The number of fused-ring (bicyclic) bond motifs is 1. The van der Waals surface area contributed by atoms with Crippen molar-refractivity contribution in [3.05, 3.63) is 30.1 Å². The Bertz CT molecular complexity index is 2060. The molecule has 3 amide bonds. The van der Waals surface area contributed by atoms with Gasteiger partial charge in [-0.2, -0.15) is 17.8 Å². The van der Waals surface area contributed by atoms with Crippen molar-refractivity contribution in [1.82, 2.24) is 29.0 Å². The number of hydrogen-bond acceptors (Lipinski definition) is 8. The zero-order chi connectivity index (χ0) is 44.7. The van der Waals surface area contributed by atoms with E-state index in [0.29, 0.717) is 38.2 Å². The lowest BCUT2D eigenvalue weighted by Crippen LogP contribution is -2.51. The van der Waals surface area contributed by atoms with Crippen LogP contribution >= 0.6 is 0 Å². The van der Waals surface area contributed by atoms with Gasteiger partial charge in [-0.3, -0.25) is 28.7 Å². The van der Waals surface area contributed by atoms with E-state index in [4.69, 9.17) is 0 Å². The summed E-state index contributed by atoms with van der Waals surface area (Å²) in [6.45, 7) is 21.5. The van der Waals surface area contributed by atoms with Gasteiger partial charge in [-0.05, 0) is 85.5 Å². The second-order valence-corrected chi connectivity index (χ2v) is 24.1. The third-order valence-corrected chi connectivity index (χ3v) is 18.3. The summed E-state index contributed by atoms with van der Waals surface area (Å²) in [6.07, 6.45) is 11.3. The number of Topliss-reactive ketones (excluding diaryl/α,β-unsaturated/α-hetero) is 2. The molecule has 4 aliphatic carbocycles.